The van der Waals surface area contributed by atoms with Crippen LogP contribution in [0, 0.1) is 11.3 Å². The van der Waals surface area contributed by atoms with Crippen molar-refractivity contribution in [2.75, 3.05) is 40.9 Å². The number of benzene rings is 1. The third-order valence-electron chi connectivity index (χ3n) is 5.94. The van der Waals surface area contributed by atoms with Gasteiger partial charge in [-0.1, -0.05) is 12.1 Å². The predicted molar refractivity (Wildman–Crippen MR) is 119 cm³/mol. The molecule has 1 fully saturated rings. The number of alkyl halides is 3. The van der Waals surface area contributed by atoms with Crippen molar-refractivity contribution in [3.63, 3.8) is 0 Å². The second-order valence-corrected chi connectivity index (χ2v) is 7.81. The van der Waals surface area contributed by atoms with E-state index in [4.69, 9.17) is 9.47 Å². The van der Waals surface area contributed by atoms with Crippen molar-refractivity contribution in [3.05, 3.63) is 57.9 Å². The third kappa shape index (κ3) is 5.21. The van der Waals surface area contributed by atoms with Gasteiger partial charge in [0.2, 0.25) is 0 Å². The molecule has 0 spiro atoms. The second kappa shape index (κ2) is 10.9. The largest absolute Gasteiger partial charge is 0.466 e. The minimum atomic E-state index is -4.55. The summed E-state index contributed by atoms with van der Waals surface area (Å²) in [5, 5.41) is 9.89. The molecule has 1 aromatic rings. The van der Waals surface area contributed by atoms with Gasteiger partial charge in [-0.3, -0.25) is 4.90 Å². The molecule has 0 amide bonds. The van der Waals surface area contributed by atoms with Gasteiger partial charge < -0.3 is 14.4 Å². The maximum atomic E-state index is 13.1. The van der Waals surface area contributed by atoms with E-state index in [1.165, 1.54) is 24.1 Å². The molecule has 11 heteroatoms. The second-order valence-electron chi connectivity index (χ2n) is 7.81. The Kier molecular flexibility index (Phi) is 8.75. The number of halogens is 4. The summed E-state index contributed by atoms with van der Waals surface area (Å²) < 4.78 is 49.3. The minimum Gasteiger partial charge on any atom is -0.466 e. The number of carbonyl (C=O) groups is 2. The zero-order valence-electron chi connectivity index (χ0n) is 18.9. The molecule has 0 aromatic heterocycles. The number of methoxy groups -OCH3 is 2. The number of nitriles is 1. The molecule has 7 nitrogen and oxygen atoms in total. The Bertz CT molecular complexity index is 1040. The van der Waals surface area contributed by atoms with E-state index in [9.17, 15) is 28.0 Å². The van der Waals surface area contributed by atoms with Crippen LogP contribution < -0.4 is 0 Å². The van der Waals surface area contributed by atoms with Crippen LogP contribution >= 0.6 is 12.4 Å². The van der Waals surface area contributed by atoms with Crippen molar-refractivity contribution in [2.45, 2.75) is 24.9 Å². The van der Waals surface area contributed by atoms with Crippen LogP contribution in [0.5, 0.6) is 0 Å². The molecule has 184 valence electrons. The summed E-state index contributed by atoms with van der Waals surface area (Å²) in [7, 11) is 3.89. The fraction of sp³-hybridized carbons (Fsp3) is 0.435. The van der Waals surface area contributed by atoms with Crippen LogP contribution in [0.25, 0.3) is 0 Å². The van der Waals surface area contributed by atoms with Gasteiger partial charge in [0.15, 0.2) is 0 Å². The van der Waals surface area contributed by atoms with E-state index >= 15 is 0 Å². The first-order chi connectivity index (χ1) is 15.6. The molecule has 1 aromatic carbocycles. The zero-order valence-corrected chi connectivity index (χ0v) is 19.8. The molecule has 2 aliphatic rings. The normalized spacial score (nSPS) is 19.0. The summed E-state index contributed by atoms with van der Waals surface area (Å²) in [6, 6.07) is 6.17. The van der Waals surface area contributed by atoms with Gasteiger partial charge >= 0.3 is 18.1 Å². The average molecular weight is 500 g/mol. The lowest BCUT2D eigenvalue weighted by Gasteiger charge is -2.36. The molecule has 0 bridgehead atoms. The van der Waals surface area contributed by atoms with Crippen LogP contribution in [0.3, 0.4) is 0 Å². The van der Waals surface area contributed by atoms with E-state index in [-0.39, 0.29) is 34.8 Å². The van der Waals surface area contributed by atoms with Gasteiger partial charge in [0.05, 0.1) is 36.8 Å². The Morgan fingerprint density at radius 2 is 1.59 bits per heavy atom. The molecule has 2 aliphatic heterocycles. The Balaban J connectivity index is 0.00000408. The summed E-state index contributed by atoms with van der Waals surface area (Å²) in [4.78, 5) is 29.3. The first-order valence-corrected chi connectivity index (χ1v) is 10.3. The van der Waals surface area contributed by atoms with Crippen LogP contribution in [-0.2, 0) is 25.2 Å². The lowest BCUT2D eigenvalue weighted by molar-refractivity contribution is -0.138. The molecule has 2 heterocycles. The molecule has 1 saturated heterocycles. The number of allylic oxidation sites excluding steroid dienone is 1. The lowest BCUT2D eigenvalue weighted by atomic mass is 9.79. The van der Waals surface area contributed by atoms with Gasteiger partial charge in [-0.05, 0) is 43.6 Å². The summed E-state index contributed by atoms with van der Waals surface area (Å²) in [5.74, 6) is -2.72. The van der Waals surface area contributed by atoms with Crippen molar-refractivity contribution < 1.29 is 32.2 Å². The van der Waals surface area contributed by atoms with Gasteiger partial charge in [0.25, 0.3) is 0 Å². The van der Waals surface area contributed by atoms with Gasteiger partial charge in [-0.2, -0.15) is 18.4 Å². The topological polar surface area (TPSA) is 82.9 Å². The molecule has 0 aliphatic carbocycles. The summed E-state index contributed by atoms with van der Waals surface area (Å²) >= 11 is 0. The van der Waals surface area contributed by atoms with Crippen LogP contribution in [0.2, 0.25) is 0 Å². The highest BCUT2D eigenvalue weighted by Crippen LogP contribution is 2.43. The maximum absolute atomic E-state index is 13.1. The first-order valence-electron chi connectivity index (χ1n) is 10.3. The van der Waals surface area contributed by atoms with Gasteiger partial charge in [-0.25, -0.2) is 9.59 Å². The van der Waals surface area contributed by atoms with Gasteiger partial charge in [0.1, 0.15) is 11.8 Å². The lowest BCUT2D eigenvalue weighted by Crippen LogP contribution is -2.38. The predicted octanol–water partition coefficient (Wildman–Crippen LogP) is 3.63. The quantitative estimate of drug-likeness (QED) is 0.572. The van der Waals surface area contributed by atoms with Gasteiger partial charge in [0, 0.05) is 19.3 Å². The highest BCUT2D eigenvalue weighted by atomic mass is 35.5. The number of esters is 2. The molecule has 1 unspecified atom stereocenters. The van der Waals surface area contributed by atoms with Crippen molar-refractivity contribution in [3.8, 4) is 6.07 Å². The first kappa shape index (κ1) is 27.2. The van der Waals surface area contributed by atoms with E-state index < -0.39 is 29.6 Å². The zero-order chi connectivity index (χ0) is 24.3. The number of carbonyl (C=O) groups excluding carboxylic acids is 2. The third-order valence-corrected chi connectivity index (χ3v) is 5.94. The van der Waals surface area contributed by atoms with E-state index in [0.29, 0.717) is 12.2 Å². The van der Waals surface area contributed by atoms with E-state index in [1.54, 1.807) is 7.05 Å². The minimum absolute atomic E-state index is 0. The number of likely N-dealkylation sites (N-methyl/N-ethyl adjacent to an activating group) is 1. The fourth-order valence-corrected chi connectivity index (χ4v) is 4.29. The smallest absolute Gasteiger partial charge is 0.416 e. The highest BCUT2D eigenvalue weighted by molar-refractivity contribution is 6.00. The fourth-order valence-electron chi connectivity index (χ4n) is 4.29. The Morgan fingerprint density at radius 1 is 1.06 bits per heavy atom. The molecule has 34 heavy (non-hydrogen) atoms. The molecule has 3 rings (SSSR count). The number of nitrogens with zero attached hydrogens (tertiary/aromatic N) is 3. The van der Waals surface area contributed by atoms with Crippen molar-refractivity contribution in [2.24, 2.45) is 0 Å². The molecule has 0 radical (unpaired) electrons. The standard InChI is InChI=1S/C23H24F3N3O4.ClH/c1-28-16(12-27)19(21(30)32-2)18(14-6-8-15(9-7-14)23(24,25)26)20(22(31)33-3)17(28)13-29-10-4-5-11-29;/h6-9,18H,4-5,10-11,13H2,1-3H3;1H. The summed E-state index contributed by atoms with van der Waals surface area (Å²) in [6.45, 7) is 1.91. The van der Waals surface area contributed by atoms with Crippen molar-refractivity contribution in [1.29, 1.82) is 5.26 Å². The number of likely N-dealkylation sites (tertiary alicyclic amines) is 1. The van der Waals surface area contributed by atoms with Crippen molar-refractivity contribution in [1.82, 2.24) is 9.80 Å². The van der Waals surface area contributed by atoms with Crippen molar-refractivity contribution >= 4 is 24.3 Å². The van der Waals surface area contributed by atoms with Gasteiger partial charge in [-0.15, -0.1) is 12.4 Å². The van der Waals surface area contributed by atoms with Crippen LogP contribution in [0.4, 0.5) is 13.2 Å². The highest BCUT2D eigenvalue weighted by Gasteiger charge is 2.43. The van der Waals surface area contributed by atoms with E-state index in [2.05, 4.69) is 4.90 Å². The molecule has 0 N–H and O–H groups in total. The Hall–Kier alpha value is -3.03. The number of hydrogen-bond acceptors (Lipinski definition) is 7. The SMILES string of the molecule is COC(=O)C1=C(C#N)N(C)C(CN2CCCC2)=C(C(=O)OC)C1c1ccc(C(F)(F)F)cc1.Cl. The Labute approximate surface area is 201 Å². The maximum Gasteiger partial charge on any atom is 0.416 e. The number of rotatable bonds is 5. The van der Waals surface area contributed by atoms with E-state index in [0.717, 1.165) is 45.2 Å². The molecule has 0 saturated carbocycles. The Morgan fingerprint density at radius 3 is 2.06 bits per heavy atom. The number of hydrogen-bond donors (Lipinski definition) is 0. The molecular weight excluding hydrogens is 475 g/mol. The summed E-state index contributed by atoms with van der Waals surface area (Å²) in [6.07, 6.45) is -2.57. The average Bonchev–Trinajstić information content (AvgIpc) is 3.31. The monoisotopic (exact) mass is 499 g/mol. The molecular formula is C23H25ClF3N3O4. The molecule has 1 atom stereocenters. The van der Waals surface area contributed by atoms with Crippen LogP contribution in [-0.4, -0.2) is 62.6 Å². The van der Waals surface area contributed by atoms with Crippen LogP contribution in [0.15, 0.2) is 46.8 Å². The van der Waals surface area contributed by atoms with Crippen LogP contribution in [0.1, 0.15) is 29.9 Å². The number of ether oxygens (including phenoxy) is 2. The van der Waals surface area contributed by atoms with E-state index in [1.807, 2.05) is 6.07 Å². The summed E-state index contributed by atoms with van der Waals surface area (Å²) in [5.41, 5.74) is -0.252.